The summed E-state index contributed by atoms with van der Waals surface area (Å²) in [5.74, 6) is -1.39. The summed E-state index contributed by atoms with van der Waals surface area (Å²) in [6.45, 7) is 4.11. The first-order valence-electron chi connectivity index (χ1n) is 11.8. The summed E-state index contributed by atoms with van der Waals surface area (Å²) in [6, 6.07) is 14.1. The Kier molecular flexibility index (Phi) is 7.88. The molecule has 2 aromatic carbocycles. The average molecular weight is 520 g/mol. The molecule has 0 saturated heterocycles. The third kappa shape index (κ3) is 5.64. The molecule has 0 radical (unpaired) electrons. The van der Waals surface area contributed by atoms with Gasteiger partial charge in [0.25, 0.3) is 5.69 Å². The number of hydrogen-bond acceptors (Lipinski definition) is 7. The number of aromatic nitrogens is 1. The quantitative estimate of drug-likeness (QED) is 0.227. The molecule has 0 aliphatic carbocycles. The molecule has 1 N–H and O–H groups in total. The molecule has 0 bridgehead atoms. The number of aliphatic imine (C=N–C) groups is 1. The van der Waals surface area contributed by atoms with Gasteiger partial charge in [-0.25, -0.2) is 9.79 Å². The SMILES string of the molecule is CCCC(=O)N=C1S/C(=C\c2cn(Cc3ccc([N+](=O)[O-])cc3)c3ccccc23)C(O)=C1C(=O)OCC. The van der Waals surface area contributed by atoms with Gasteiger partial charge in [0, 0.05) is 47.8 Å². The van der Waals surface area contributed by atoms with Crippen molar-refractivity contribution < 1.29 is 24.4 Å². The molecule has 9 nitrogen and oxygen atoms in total. The fourth-order valence-corrected chi connectivity index (χ4v) is 4.98. The van der Waals surface area contributed by atoms with E-state index in [1.807, 2.05) is 42.0 Å². The Hall–Kier alpha value is -4.18. The van der Waals surface area contributed by atoms with Crippen LogP contribution in [0.2, 0.25) is 0 Å². The summed E-state index contributed by atoms with van der Waals surface area (Å²) in [6.07, 6.45) is 4.51. The number of hydrogen-bond donors (Lipinski definition) is 1. The summed E-state index contributed by atoms with van der Waals surface area (Å²) >= 11 is 1.05. The van der Waals surface area contributed by atoms with Gasteiger partial charge >= 0.3 is 5.97 Å². The van der Waals surface area contributed by atoms with Gasteiger partial charge < -0.3 is 14.4 Å². The number of ether oxygens (including phenoxy) is 1. The zero-order valence-corrected chi connectivity index (χ0v) is 21.2. The molecule has 2 heterocycles. The topological polar surface area (TPSA) is 124 Å². The van der Waals surface area contributed by atoms with E-state index in [9.17, 15) is 24.8 Å². The highest BCUT2D eigenvalue weighted by molar-refractivity contribution is 8.18. The normalized spacial score (nSPS) is 15.6. The van der Waals surface area contributed by atoms with Crippen molar-refractivity contribution in [3.05, 3.63) is 92.2 Å². The van der Waals surface area contributed by atoms with Crippen LogP contribution in [-0.4, -0.2) is 38.1 Å². The lowest BCUT2D eigenvalue weighted by Crippen LogP contribution is -2.14. The van der Waals surface area contributed by atoms with Gasteiger partial charge in [-0.1, -0.05) is 49.0 Å². The Morgan fingerprint density at radius 2 is 1.89 bits per heavy atom. The van der Waals surface area contributed by atoms with Crippen molar-refractivity contribution in [2.45, 2.75) is 33.2 Å². The van der Waals surface area contributed by atoms with Crippen LogP contribution >= 0.6 is 11.8 Å². The van der Waals surface area contributed by atoms with E-state index in [2.05, 4.69) is 4.99 Å². The summed E-state index contributed by atoms with van der Waals surface area (Å²) in [5.41, 5.74) is 2.52. The second-order valence-electron chi connectivity index (χ2n) is 8.27. The van der Waals surface area contributed by atoms with E-state index in [0.29, 0.717) is 17.9 Å². The molecule has 1 aliphatic heterocycles. The van der Waals surface area contributed by atoms with Crippen LogP contribution < -0.4 is 0 Å². The number of para-hydroxylation sites is 1. The summed E-state index contributed by atoms with van der Waals surface area (Å²) in [5, 5.41) is 22.9. The number of carbonyl (C=O) groups is 2. The van der Waals surface area contributed by atoms with Gasteiger partial charge in [0.05, 0.1) is 16.4 Å². The molecule has 190 valence electrons. The van der Waals surface area contributed by atoms with Gasteiger partial charge in [-0.3, -0.25) is 14.9 Å². The van der Waals surface area contributed by atoms with Crippen molar-refractivity contribution in [3.8, 4) is 0 Å². The van der Waals surface area contributed by atoms with Crippen molar-refractivity contribution in [1.29, 1.82) is 0 Å². The Morgan fingerprint density at radius 1 is 1.16 bits per heavy atom. The van der Waals surface area contributed by atoms with Gasteiger partial charge in [0.1, 0.15) is 16.4 Å². The average Bonchev–Trinajstić information content (AvgIpc) is 3.36. The fourth-order valence-electron chi connectivity index (χ4n) is 3.96. The molecule has 37 heavy (non-hydrogen) atoms. The monoisotopic (exact) mass is 519 g/mol. The number of non-ortho nitro benzene ring substituents is 1. The number of nitrogens with zero attached hydrogens (tertiary/aromatic N) is 3. The Bertz CT molecular complexity index is 1470. The number of nitro benzene ring substituents is 1. The molecule has 0 saturated carbocycles. The smallest absolute Gasteiger partial charge is 0.344 e. The molecular formula is C27H25N3O6S. The molecule has 0 atom stereocenters. The number of thioether (sulfide) groups is 1. The first-order valence-corrected chi connectivity index (χ1v) is 12.6. The second-order valence-corrected chi connectivity index (χ2v) is 9.30. The number of amides is 1. The minimum absolute atomic E-state index is 0.0272. The highest BCUT2D eigenvalue weighted by Gasteiger charge is 2.34. The van der Waals surface area contributed by atoms with Crippen LogP contribution in [-0.2, 0) is 20.9 Å². The second kappa shape index (κ2) is 11.3. The molecule has 1 aromatic heterocycles. The Labute approximate surface area is 217 Å². The summed E-state index contributed by atoms with van der Waals surface area (Å²) in [4.78, 5) is 39.7. The van der Waals surface area contributed by atoms with Crippen LogP contribution in [0.3, 0.4) is 0 Å². The lowest BCUT2D eigenvalue weighted by atomic mass is 10.1. The third-order valence-corrected chi connectivity index (χ3v) is 6.69. The van der Waals surface area contributed by atoms with E-state index in [-0.39, 0.29) is 41.0 Å². The van der Waals surface area contributed by atoms with Crippen molar-refractivity contribution >= 4 is 51.3 Å². The number of aliphatic hydroxyl groups is 1. The zero-order chi connectivity index (χ0) is 26.5. The minimum atomic E-state index is -0.737. The van der Waals surface area contributed by atoms with E-state index in [1.165, 1.54) is 12.1 Å². The van der Waals surface area contributed by atoms with Crippen LogP contribution in [0.25, 0.3) is 17.0 Å². The molecule has 1 amide bonds. The van der Waals surface area contributed by atoms with Gasteiger partial charge in [-0.15, -0.1) is 0 Å². The molecule has 0 fully saturated rings. The number of esters is 1. The fraction of sp³-hybridized carbons (Fsp3) is 0.222. The van der Waals surface area contributed by atoms with Crippen LogP contribution in [0.4, 0.5) is 5.69 Å². The van der Waals surface area contributed by atoms with E-state index in [4.69, 9.17) is 4.74 Å². The van der Waals surface area contributed by atoms with Crippen LogP contribution in [0, 0.1) is 10.1 Å². The molecule has 4 rings (SSSR count). The number of nitro groups is 1. The van der Waals surface area contributed by atoms with Crippen LogP contribution in [0.1, 0.15) is 37.8 Å². The molecule has 10 heteroatoms. The van der Waals surface area contributed by atoms with E-state index in [0.717, 1.165) is 33.8 Å². The molecule has 0 unspecified atom stereocenters. The predicted octanol–water partition coefficient (Wildman–Crippen LogP) is 5.79. The number of carbonyl (C=O) groups excluding carboxylic acids is 2. The first-order chi connectivity index (χ1) is 17.8. The maximum atomic E-state index is 12.6. The highest BCUT2D eigenvalue weighted by atomic mass is 32.2. The standard InChI is InChI=1S/C27H25N3O6S/c1-3-7-23(31)28-26-24(27(33)36-4-2)25(32)22(37-26)14-18-16-29(21-9-6-5-8-20(18)21)15-17-10-12-19(13-11-17)30(34)35/h5-6,8-14,16,32H,3-4,7,15H2,1-2H3/b22-14-,28-26?. The molecular weight excluding hydrogens is 494 g/mol. The largest absolute Gasteiger partial charge is 0.506 e. The Morgan fingerprint density at radius 3 is 2.57 bits per heavy atom. The van der Waals surface area contributed by atoms with Crippen LogP contribution in [0.15, 0.2) is 76.0 Å². The lowest BCUT2D eigenvalue weighted by Gasteiger charge is -2.05. The maximum absolute atomic E-state index is 12.6. The van der Waals surface area contributed by atoms with E-state index in [1.54, 1.807) is 25.1 Å². The minimum Gasteiger partial charge on any atom is -0.506 e. The molecule has 3 aromatic rings. The third-order valence-electron chi connectivity index (χ3n) is 5.67. The van der Waals surface area contributed by atoms with Gasteiger partial charge in [-0.05, 0) is 31.1 Å². The van der Waals surface area contributed by atoms with Crippen molar-refractivity contribution in [2.24, 2.45) is 4.99 Å². The summed E-state index contributed by atoms with van der Waals surface area (Å²) in [7, 11) is 0. The van der Waals surface area contributed by atoms with Crippen LogP contribution in [0.5, 0.6) is 0 Å². The zero-order valence-electron chi connectivity index (χ0n) is 20.3. The summed E-state index contributed by atoms with van der Waals surface area (Å²) < 4.78 is 7.10. The van der Waals surface area contributed by atoms with Gasteiger partial charge in [-0.2, -0.15) is 0 Å². The Balaban J connectivity index is 1.74. The molecule has 1 aliphatic rings. The predicted molar refractivity (Wildman–Crippen MR) is 143 cm³/mol. The van der Waals surface area contributed by atoms with Gasteiger partial charge in [0.2, 0.25) is 5.91 Å². The molecule has 0 spiro atoms. The number of benzene rings is 2. The lowest BCUT2D eigenvalue weighted by molar-refractivity contribution is -0.384. The van der Waals surface area contributed by atoms with Crippen molar-refractivity contribution in [1.82, 2.24) is 4.57 Å². The highest BCUT2D eigenvalue weighted by Crippen LogP contribution is 2.40. The van der Waals surface area contributed by atoms with Crippen molar-refractivity contribution in [2.75, 3.05) is 6.61 Å². The van der Waals surface area contributed by atoms with E-state index < -0.39 is 10.9 Å². The number of fused-ring (bicyclic) bond motifs is 1. The van der Waals surface area contributed by atoms with Crippen molar-refractivity contribution in [3.63, 3.8) is 0 Å². The van der Waals surface area contributed by atoms with Gasteiger partial charge in [0.15, 0.2) is 0 Å². The number of rotatable bonds is 8. The van der Waals surface area contributed by atoms with E-state index >= 15 is 0 Å². The number of aliphatic hydroxyl groups excluding tert-OH is 1. The maximum Gasteiger partial charge on any atom is 0.344 e. The first kappa shape index (κ1) is 25.9.